The Hall–Kier alpha value is -2.80. The number of nitrogens with one attached hydrogen (secondary N) is 1. The number of carbonyl (C=O) groups excluding carboxylic acids is 2. The van der Waals surface area contributed by atoms with Crippen LogP contribution in [0.4, 0.5) is 0 Å². The second kappa shape index (κ2) is 12.0. The van der Waals surface area contributed by atoms with Gasteiger partial charge in [0, 0.05) is 31.7 Å². The van der Waals surface area contributed by atoms with Crippen LogP contribution < -0.4 is 5.32 Å². The molecule has 196 valence electrons. The first kappa shape index (κ1) is 27.8. The third kappa shape index (κ3) is 6.30. The highest BCUT2D eigenvalue weighted by Gasteiger charge is 2.28. The van der Waals surface area contributed by atoms with Crippen LogP contribution in [0.15, 0.2) is 58.3 Å². The Bertz CT molecular complexity index is 1280. The standard InChI is InChI=1S/C24H31N3O7S2/c1-3-26(4-2)35(30,31)21-12-10-19(11-13-21)23(28)25-14-17-34-24(29)20-8-7-9-22(18-20)36(32,33)27-15-5-6-16-27/h7-13,18H,3-6,14-17H2,1-2H3,(H,25,28). The SMILES string of the molecule is CCN(CC)S(=O)(=O)c1ccc(C(=O)NCCOC(=O)c2cccc(S(=O)(=O)N3CCCC3)c2)cc1. The maximum Gasteiger partial charge on any atom is 0.338 e. The topological polar surface area (TPSA) is 130 Å². The Morgan fingerprint density at radius 1 is 0.917 bits per heavy atom. The van der Waals surface area contributed by atoms with Crippen LogP contribution in [0.3, 0.4) is 0 Å². The fourth-order valence-electron chi connectivity index (χ4n) is 3.85. The first-order valence-electron chi connectivity index (χ1n) is 11.8. The number of benzene rings is 2. The lowest BCUT2D eigenvalue weighted by atomic mass is 10.2. The lowest BCUT2D eigenvalue weighted by molar-refractivity contribution is 0.0503. The van der Waals surface area contributed by atoms with Crippen LogP contribution >= 0.6 is 0 Å². The van der Waals surface area contributed by atoms with Crippen LogP contribution in [0.25, 0.3) is 0 Å². The summed E-state index contributed by atoms with van der Waals surface area (Å²) in [6.45, 7) is 5.02. The largest absolute Gasteiger partial charge is 0.460 e. The second-order valence-corrected chi connectivity index (χ2v) is 12.0. The predicted octanol–water partition coefficient (Wildman–Crippen LogP) is 2.09. The normalized spacial score (nSPS) is 14.6. The Labute approximate surface area is 212 Å². The van der Waals surface area contributed by atoms with Crippen molar-refractivity contribution in [2.24, 2.45) is 0 Å². The average Bonchev–Trinajstić information content (AvgIpc) is 3.43. The van der Waals surface area contributed by atoms with Crippen molar-refractivity contribution in [3.63, 3.8) is 0 Å². The molecule has 1 aliphatic rings. The summed E-state index contributed by atoms with van der Waals surface area (Å²) in [5, 5.41) is 2.60. The number of amides is 1. The minimum absolute atomic E-state index is 0.0236. The van der Waals surface area contributed by atoms with Crippen molar-refractivity contribution in [1.82, 2.24) is 13.9 Å². The fraction of sp³-hybridized carbons (Fsp3) is 0.417. The van der Waals surface area contributed by atoms with Crippen molar-refractivity contribution in [2.75, 3.05) is 39.3 Å². The molecule has 1 amide bonds. The van der Waals surface area contributed by atoms with E-state index in [0.717, 1.165) is 12.8 Å². The summed E-state index contributed by atoms with van der Waals surface area (Å²) >= 11 is 0. The first-order chi connectivity index (χ1) is 17.1. The molecule has 1 heterocycles. The van der Waals surface area contributed by atoms with Gasteiger partial charge < -0.3 is 10.1 Å². The third-order valence-electron chi connectivity index (χ3n) is 5.85. The van der Waals surface area contributed by atoms with Gasteiger partial charge in [0.25, 0.3) is 5.91 Å². The Kier molecular flexibility index (Phi) is 9.23. The zero-order valence-corrected chi connectivity index (χ0v) is 22.0. The van der Waals surface area contributed by atoms with Crippen molar-refractivity contribution in [3.8, 4) is 0 Å². The summed E-state index contributed by atoms with van der Waals surface area (Å²) in [7, 11) is -7.27. The summed E-state index contributed by atoms with van der Waals surface area (Å²) in [6.07, 6.45) is 1.62. The van der Waals surface area contributed by atoms with E-state index in [2.05, 4.69) is 5.32 Å². The smallest absolute Gasteiger partial charge is 0.338 e. The van der Waals surface area contributed by atoms with Crippen molar-refractivity contribution in [2.45, 2.75) is 36.5 Å². The molecule has 1 N–H and O–H groups in total. The minimum atomic E-state index is -3.65. The van der Waals surface area contributed by atoms with Gasteiger partial charge in [0.05, 0.1) is 21.9 Å². The van der Waals surface area contributed by atoms with E-state index in [1.165, 1.54) is 57.1 Å². The molecule has 10 nitrogen and oxygen atoms in total. The van der Waals surface area contributed by atoms with Crippen LogP contribution in [0.1, 0.15) is 47.4 Å². The van der Waals surface area contributed by atoms with Crippen molar-refractivity contribution in [1.29, 1.82) is 0 Å². The summed E-state index contributed by atoms with van der Waals surface area (Å²) in [4.78, 5) is 24.9. The third-order valence-corrected chi connectivity index (χ3v) is 9.81. The first-order valence-corrected chi connectivity index (χ1v) is 14.6. The minimum Gasteiger partial charge on any atom is -0.460 e. The number of hydrogen-bond acceptors (Lipinski definition) is 7. The molecule has 0 aromatic heterocycles. The van der Waals surface area contributed by atoms with Gasteiger partial charge in [-0.3, -0.25) is 4.79 Å². The van der Waals surface area contributed by atoms with Gasteiger partial charge in [-0.1, -0.05) is 19.9 Å². The molecule has 1 fully saturated rings. The number of carbonyl (C=O) groups is 2. The van der Waals surface area contributed by atoms with Crippen molar-refractivity contribution >= 4 is 31.9 Å². The molecule has 12 heteroatoms. The molecular weight excluding hydrogens is 506 g/mol. The Morgan fingerprint density at radius 3 is 2.17 bits per heavy atom. The fourth-order valence-corrected chi connectivity index (χ4v) is 6.87. The van der Waals surface area contributed by atoms with Gasteiger partial charge >= 0.3 is 5.97 Å². The van der Waals surface area contributed by atoms with E-state index in [0.29, 0.717) is 26.2 Å². The maximum atomic E-state index is 12.7. The van der Waals surface area contributed by atoms with E-state index in [1.54, 1.807) is 13.8 Å². The summed E-state index contributed by atoms with van der Waals surface area (Å²) in [6, 6.07) is 11.3. The quantitative estimate of drug-likeness (QED) is 0.343. The van der Waals surface area contributed by atoms with E-state index in [4.69, 9.17) is 4.74 Å². The molecule has 2 aromatic rings. The molecule has 1 aliphatic heterocycles. The molecule has 3 rings (SSSR count). The van der Waals surface area contributed by atoms with Gasteiger partial charge in [-0.15, -0.1) is 0 Å². The predicted molar refractivity (Wildman–Crippen MR) is 134 cm³/mol. The molecule has 0 atom stereocenters. The number of esters is 1. The monoisotopic (exact) mass is 537 g/mol. The summed E-state index contributed by atoms with van der Waals surface area (Å²) < 4.78 is 58.4. The van der Waals surface area contributed by atoms with Crippen LogP contribution in [-0.4, -0.2) is 76.7 Å². The lowest BCUT2D eigenvalue weighted by Crippen LogP contribution is -2.31. The Balaban J connectivity index is 1.52. The van der Waals surface area contributed by atoms with Gasteiger partial charge in [-0.2, -0.15) is 8.61 Å². The summed E-state index contributed by atoms with van der Waals surface area (Å²) in [5.41, 5.74) is 0.367. The molecule has 0 radical (unpaired) electrons. The molecule has 36 heavy (non-hydrogen) atoms. The maximum absolute atomic E-state index is 12.7. The van der Waals surface area contributed by atoms with Gasteiger partial charge in [0.15, 0.2) is 0 Å². The molecule has 0 spiro atoms. The number of rotatable bonds is 11. The van der Waals surface area contributed by atoms with Gasteiger partial charge in [0.2, 0.25) is 20.0 Å². The van der Waals surface area contributed by atoms with Crippen LogP contribution in [0.2, 0.25) is 0 Å². The van der Waals surface area contributed by atoms with Gasteiger partial charge in [-0.25, -0.2) is 21.6 Å². The second-order valence-electron chi connectivity index (χ2n) is 8.14. The number of hydrogen-bond donors (Lipinski definition) is 1. The number of nitrogens with zero attached hydrogens (tertiary/aromatic N) is 2. The zero-order chi connectivity index (χ0) is 26.3. The Morgan fingerprint density at radius 2 is 1.56 bits per heavy atom. The van der Waals surface area contributed by atoms with Crippen LogP contribution in [0, 0.1) is 0 Å². The highest BCUT2D eigenvalue weighted by atomic mass is 32.2. The summed E-state index contributed by atoms with van der Waals surface area (Å²) in [5.74, 6) is -1.15. The molecule has 0 saturated carbocycles. The van der Waals surface area contributed by atoms with E-state index in [1.807, 2.05) is 0 Å². The molecule has 0 bridgehead atoms. The van der Waals surface area contributed by atoms with Crippen LogP contribution in [-0.2, 0) is 24.8 Å². The highest BCUT2D eigenvalue weighted by Crippen LogP contribution is 2.22. The zero-order valence-electron chi connectivity index (χ0n) is 20.3. The molecule has 0 unspecified atom stereocenters. The van der Waals surface area contributed by atoms with E-state index in [9.17, 15) is 26.4 Å². The lowest BCUT2D eigenvalue weighted by Gasteiger charge is -2.18. The van der Waals surface area contributed by atoms with Crippen molar-refractivity contribution in [3.05, 3.63) is 59.7 Å². The average molecular weight is 538 g/mol. The van der Waals surface area contributed by atoms with Gasteiger partial charge in [0.1, 0.15) is 6.61 Å². The number of ether oxygens (including phenoxy) is 1. The highest BCUT2D eigenvalue weighted by molar-refractivity contribution is 7.89. The molecule has 0 aliphatic carbocycles. The molecule has 2 aromatic carbocycles. The van der Waals surface area contributed by atoms with Crippen LogP contribution in [0.5, 0.6) is 0 Å². The van der Waals surface area contributed by atoms with E-state index in [-0.39, 0.29) is 34.1 Å². The number of sulfonamides is 2. The van der Waals surface area contributed by atoms with E-state index < -0.39 is 31.9 Å². The van der Waals surface area contributed by atoms with Gasteiger partial charge in [-0.05, 0) is 55.3 Å². The van der Waals surface area contributed by atoms with Crippen molar-refractivity contribution < 1.29 is 31.2 Å². The molecule has 1 saturated heterocycles. The van der Waals surface area contributed by atoms with E-state index >= 15 is 0 Å². The molecular formula is C24H31N3O7S2.